The SMILES string of the molecule is CC(C)(C)OC(=O)NC[C@H]1OB2OC(C)(C)COc3ccc(Br)c1c32.Cc1ccc2c3c1[C@@H](CNC(=O)OC(C)(C)C)OB3OC(C)(C)CO2. The molecule has 2 atom stereocenters. The Balaban J connectivity index is 0.000000194. The molecule has 0 spiro atoms. The minimum absolute atomic E-state index is 0.282. The fourth-order valence-corrected chi connectivity index (χ4v) is 6.58. The highest BCUT2D eigenvalue weighted by Gasteiger charge is 2.48. The number of alkyl carbamates (subject to hydrolysis) is 2. The Kier molecular flexibility index (Phi) is 10.9. The van der Waals surface area contributed by atoms with E-state index < -0.39 is 48.8 Å². The molecule has 2 N–H and O–H groups in total. The minimum atomic E-state index is -0.545. The highest BCUT2D eigenvalue weighted by atomic mass is 79.9. The van der Waals surface area contributed by atoms with Gasteiger partial charge in [0.2, 0.25) is 0 Å². The van der Waals surface area contributed by atoms with Crippen molar-refractivity contribution in [3.63, 3.8) is 0 Å². The summed E-state index contributed by atoms with van der Waals surface area (Å²) < 4.78 is 47.7. The van der Waals surface area contributed by atoms with Crippen LogP contribution >= 0.6 is 15.9 Å². The first-order valence-electron chi connectivity index (χ1n) is 16.9. The summed E-state index contributed by atoms with van der Waals surface area (Å²) in [7, 11) is -1.02. The fourth-order valence-electron chi connectivity index (χ4n) is 5.98. The van der Waals surface area contributed by atoms with Crippen LogP contribution in [0.5, 0.6) is 11.5 Å². The Bertz CT molecular complexity index is 1490. The van der Waals surface area contributed by atoms with Gasteiger partial charge in [-0.25, -0.2) is 9.59 Å². The van der Waals surface area contributed by atoms with E-state index in [1.54, 1.807) is 0 Å². The number of hydrogen-bond acceptors (Lipinski definition) is 10. The average molecular weight is 759 g/mol. The van der Waals surface area contributed by atoms with E-state index in [0.717, 1.165) is 43.6 Å². The van der Waals surface area contributed by atoms with Crippen molar-refractivity contribution in [3.8, 4) is 11.5 Å². The van der Waals surface area contributed by atoms with Crippen molar-refractivity contribution < 1.29 is 47.2 Å². The molecule has 0 bridgehead atoms. The first-order chi connectivity index (χ1) is 23.1. The average Bonchev–Trinajstić information content (AvgIpc) is 3.43. The van der Waals surface area contributed by atoms with Gasteiger partial charge in [-0.1, -0.05) is 22.0 Å². The molecule has 2 aromatic rings. The standard InChI is InChI=1S/C18H26BNO5.C17H23BBrNO5/c1-11-7-8-12-15-14(11)13(9-20-16(21)23-17(2,3)4)24-19(15)25-18(5,6)10-22-12;1-16(2,3)23-15(21)20-8-12-13-10(19)6-7-11-14(13)18(24-12)25-17(4,5)9-22-11/h7-8,13H,9-10H2,1-6H3,(H,20,21);6-7,12H,8-9H2,1-5H3,(H,20,21)/t13-;12-/m11/s1. The smallest absolute Gasteiger partial charge is 0.491 e. The van der Waals surface area contributed by atoms with Gasteiger partial charge in [0.25, 0.3) is 0 Å². The number of carbonyl (C=O) groups is 2. The zero-order chi connectivity index (χ0) is 36.8. The first-order valence-corrected chi connectivity index (χ1v) is 17.7. The van der Waals surface area contributed by atoms with Crippen LogP contribution in [-0.2, 0) is 28.1 Å². The Labute approximate surface area is 304 Å². The molecule has 12 nitrogen and oxygen atoms in total. The second-order valence-electron chi connectivity index (χ2n) is 16.1. The summed E-state index contributed by atoms with van der Waals surface area (Å²) in [5, 5.41) is 5.55. The number of hydrogen-bond donors (Lipinski definition) is 2. The minimum Gasteiger partial charge on any atom is -0.491 e. The van der Waals surface area contributed by atoms with Gasteiger partial charge in [0.15, 0.2) is 0 Å². The zero-order valence-electron chi connectivity index (χ0n) is 30.9. The molecular formula is C35H49B2BrN2O10. The molecule has 272 valence electrons. The quantitative estimate of drug-likeness (QED) is 0.391. The summed E-state index contributed by atoms with van der Waals surface area (Å²) in [6, 6.07) is 7.81. The number of benzene rings is 2. The van der Waals surface area contributed by atoms with E-state index in [2.05, 4.69) is 26.6 Å². The van der Waals surface area contributed by atoms with Crippen molar-refractivity contribution >= 4 is 53.3 Å². The van der Waals surface area contributed by atoms with Gasteiger partial charge in [-0.3, -0.25) is 0 Å². The molecule has 4 aliphatic heterocycles. The molecule has 6 rings (SSSR count). The van der Waals surface area contributed by atoms with Crippen LogP contribution in [0.15, 0.2) is 28.7 Å². The van der Waals surface area contributed by atoms with Crippen LogP contribution in [0.1, 0.15) is 98.1 Å². The normalized spacial score (nSPS) is 21.2. The maximum Gasteiger partial charge on any atom is 0.499 e. The van der Waals surface area contributed by atoms with E-state index in [1.165, 1.54) is 0 Å². The molecule has 2 aromatic carbocycles. The third-order valence-corrected chi connectivity index (χ3v) is 8.71. The maximum absolute atomic E-state index is 12.0. The second kappa shape index (κ2) is 14.2. The number of carbonyl (C=O) groups excluding carboxylic acids is 2. The van der Waals surface area contributed by atoms with Gasteiger partial charge in [-0.15, -0.1) is 0 Å². The van der Waals surface area contributed by atoms with Crippen LogP contribution in [-0.4, -0.2) is 75.1 Å². The summed E-state index contributed by atoms with van der Waals surface area (Å²) in [6.07, 6.45) is -1.58. The van der Waals surface area contributed by atoms with Crippen LogP contribution in [0, 0.1) is 6.92 Å². The van der Waals surface area contributed by atoms with Gasteiger partial charge in [0.1, 0.15) is 35.9 Å². The molecule has 0 aliphatic carbocycles. The van der Waals surface area contributed by atoms with Crippen LogP contribution in [0.3, 0.4) is 0 Å². The lowest BCUT2D eigenvalue weighted by molar-refractivity contribution is 0.0249. The van der Waals surface area contributed by atoms with Gasteiger partial charge < -0.3 is 48.2 Å². The number of halogens is 1. The van der Waals surface area contributed by atoms with Crippen molar-refractivity contribution in [2.45, 2.75) is 111 Å². The van der Waals surface area contributed by atoms with E-state index in [-0.39, 0.29) is 18.8 Å². The largest absolute Gasteiger partial charge is 0.499 e. The molecule has 0 unspecified atom stereocenters. The Morgan fingerprint density at radius 1 is 0.760 bits per heavy atom. The maximum atomic E-state index is 12.0. The van der Waals surface area contributed by atoms with Gasteiger partial charge in [-0.2, -0.15) is 0 Å². The predicted octanol–water partition coefficient (Wildman–Crippen LogP) is 5.40. The number of nitrogens with one attached hydrogen (secondary N) is 2. The monoisotopic (exact) mass is 758 g/mol. The highest BCUT2D eigenvalue weighted by Crippen LogP contribution is 2.38. The van der Waals surface area contributed by atoms with E-state index >= 15 is 0 Å². The predicted molar refractivity (Wildman–Crippen MR) is 194 cm³/mol. The third kappa shape index (κ3) is 9.27. The molecule has 4 heterocycles. The summed E-state index contributed by atoms with van der Waals surface area (Å²) in [5.74, 6) is 1.55. The van der Waals surface area contributed by atoms with Gasteiger partial charge in [0.05, 0.1) is 23.4 Å². The summed E-state index contributed by atoms with van der Waals surface area (Å²) in [6.45, 7) is 22.4. The topological polar surface area (TPSA) is 132 Å². The van der Waals surface area contributed by atoms with Gasteiger partial charge in [0, 0.05) is 28.5 Å². The van der Waals surface area contributed by atoms with Crippen molar-refractivity contribution in [2.24, 2.45) is 0 Å². The summed E-state index contributed by atoms with van der Waals surface area (Å²) in [5.41, 5.74) is 2.86. The van der Waals surface area contributed by atoms with Crippen molar-refractivity contribution in [3.05, 3.63) is 45.4 Å². The second-order valence-corrected chi connectivity index (χ2v) is 16.9. The molecule has 2 amide bonds. The molecule has 0 saturated heterocycles. The molecule has 50 heavy (non-hydrogen) atoms. The van der Waals surface area contributed by atoms with Crippen LogP contribution < -0.4 is 31.0 Å². The van der Waals surface area contributed by atoms with Gasteiger partial charge in [-0.05, 0) is 111 Å². The number of aryl methyl sites for hydroxylation is 1. The lowest BCUT2D eigenvalue weighted by atomic mass is 9.76. The number of ether oxygens (including phenoxy) is 4. The Hall–Kier alpha value is -2.97. The number of rotatable bonds is 4. The molecule has 0 radical (unpaired) electrons. The molecule has 15 heteroatoms. The third-order valence-electron chi connectivity index (χ3n) is 8.01. The highest BCUT2D eigenvalue weighted by molar-refractivity contribution is 9.10. The lowest BCUT2D eigenvalue weighted by Gasteiger charge is -2.25. The van der Waals surface area contributed by atoms with Crippen LogP contribution in [0.2, 0.25) is 0 Å². The fraction of sp³-hybridized carbons (Fsp3) is 0.600. The van der Waals surface area contributed by atoms with Gasteiger partial charge >= 0.3 is 26.4 Å². The van der Waals surface area contributed by atoms with E-state index in [0.29, 0.717) is 19.8 Å². The van der Waals surface area contributed by atoms with Crippen molar-refractivity contribution in [2.75, 3.05) is 26.3 Å². The van der Waals surface area contributed by atoms with Crippen LogP contribution in [0.25, 0.3) is 0 Å². The number of amides is 2. The van der Waals surface area contributed by atoms with E-state index in [1.807, 2.05) is 100 Å². The lowest BCUT2D eigenvalue weighted by Crippen LogP contribution is -2.41. The Morgan fingerprint density at radius 2 is 1.18 bits per heavy atom. The van der Waals surface area contributed by atoms with E-state index in [4.69, 9.17) is 37.6 Å². The molecule has 0 fully saturated rings. The zero-order valence-corrected chi connectivity index (χ0v) is 32.5. The van der Waals surface area contributed by atoms with Crippen molar-refractivity contribution in [1.29, 1.82) is 0 Å². The Morgan fingerprint density at radius 3 is 1.64 bits per heavy atom. The summed E-state index contributed by atoms with van der Waals surface area (Å²) in [4.78, 5) is 23.9. The molecule has 0 aromatic heterocycles. The molecule has 0 saturated carbocycles. The first kappa shape index (κ1) is 38.3. The molecular weight excluding hydrogens is 710 g/mol. The van der Waals surface area contributed by atoms with E-state index in [9.17, 15) is 9.59 Å². The molecule has 4 aliphatic rings. The van der Waals surface area contributed by atoms with Crippen LogP contribution in [0.4, 0.5) is 9.59 Å². The summed E-state index contributed by atoms with van der Waals surface area (Å²) >= 11 is 3.58. The van der Waals surface area contributed by atoms with Crippen molar-refractivity contribution in [1.82, 2.24) is 10.6 Å².